The molecule has 0 fully saturated rings. The van der Waals surface area contributed by atoms with Gasteiger partial charge in [-0.15, -0.1) is 11.8 Å². The lowest BCUT2D eigenvalue weighted by Crippen LogP contribution is -2.43. The van der Waals surface area contributed by atoms with Gasteiger partial charge in [0.1, 0.15) is 18.9 Å². The summed E-state index contributed by atoms with van der Waals surface area (Å²) in [7, 11) is 0. The summed E-state index contributed by atoms with van der Waals surface area (Å²) in [5.41, 5.74) is 1.93. The standard InChI is InChI=1S/C31H31F5N2O5S/c1-4-37(5-2)13-14-38(18-28(39)43-30(41)31(34,35)36)29(40)22-8-6-7-20(15-22)19-42-23-11-9-21(10-12-23)24-16-25(32)26(33)17-27(24)44-3/h6-12,15-17H,4-5,13-14,18-19H2,1-3H3. The Kier molecular flexibility index (Phi) is 12.3. The van der Waals surface area contributed by atoms with Crippen LogP contribution in [0.3, 0.4) is 0 Å². The Morgan fingerprint density at radius 1 is 0.886 bits per heavy atom. The summed E-state index contributed by atoms with van der Waals surface area (Å²) in [6.07, 6.45) is -3.59. The van der Waals surface area contributed by atoms with Crippen LogP contribution < -0.4 is 4.74 Å². The first-order valence-corrected chi connectivity index (χ1v) is 14.8. The summed E-state index contributed by atoms with van der Waals surface area (Å²) in [6.45, 7) is 4.60. The minimum absolute atomic E-state index is 0.000888. The minimum Gasteiger partial charge on any atom is -0.489 e. The van der Waals surface area contributed by atoms with Crippen molar-refractivity contribution in [2.24, 2.45) is 0 Å². The van der Waals surface area contributed by atoms with E-state index in [-0.39, 0.29) is 18.7 Å². The summed E-state index contributed by atoms with van der Waals surface area (Å²) in [6, 6.07) is 15.3. The topological polar surface area (TPSA) is 76.2 Å². The molecule has 0 aliphatic carbocycles. The Balaban J connectivity index is 1.72. The van der Waals surface area contributed by atoms with E-state index < -0.39 is 42.2 Å². The van der Waals surface area contributed by atoms with Crippen LogP contribution in [0.2, 0.25) is 0 Å². The highest BCUT2D eigenvalue weighted by Gasteiger charge is 2.42. The maximum absolute atomic E-state index is 13.9. The number of thioether (sulfide) groups is 1. The summed E-state index contributed by atoms with van der Waals surface area (Å²) >= 11 is 1.29. The van der Waals surface area contributed by atoms with E-state index in [2.05, 4.69) is 4.74 Å². The third-order valence-corrected chi connectivity index (χ3v) is 7.39. The third kappa shape index (κ3) is 9.52. The van der Waals surface area contributed by atoms with Crippen LogP contribution in [-0.2, 0) is 20.9 Å². The molecule has 0 spiro atoms. The van der Waals surface area contributed by atoms with Gasteiger partial charge in [0.25, 0.3) is 5.91 Å². The van der Waals surface area contributed by atoms with Crippen molar-refractivity contribution in [3.05, 3.63) is 83.4 Å². The van der Waals surface area contributed by atoms with Gasteiger partial charge in [-0.05, 0) is 72.4 Å². The van der Waals surface area contributed by atoms with Gasteiger partial charge in [0.05, 0.1) is 0 Å². The molecule has 1 amide bonds. The van der Waals surface area contributed by atoms with Crippen LogP contribution in [0, 0.1) is 11.6 Å². The van der Waals surface area contributed by atoms with E-state index in [0.717, 1.165) is 17.0 Å². The second-order valence-electron chi connectivity index (χ2n) is 9.49. The number of esters is 2. The monoisotopic (exact) mass is 638 g/mol. The van der Waals surface area contributed by atoms with Crippen molar-refractivity contribution in [1.29, 1.82) is 0 Å². The molecule has 0 bridgehead atoms. The van der Waals surface area contributed by atoms with E-state index >= 15 is 0 Å². The van der Waals surface area contributed by atoms with Crippen LogP contribution in [0.4, 0.5) is 22.0 Å². The highest BCUT2D eigenvalue weighted by atomic mass is 32.2. The van der Waals surface area contributed by atoms with Gasteiger partial charge in [-0.1, -0.05) is 38.1 Å². The molecule has 13 heteroatoms. The average molecular weight is 639 g/mol. The second-order valence-corrected chi connectivity index (χ2v) is 10.3. The summed E-state index contributed by atoms with van der Waals surface area (Å²) in [4.78, 5) is 40.2. The molecule has 0 radical (unpaired) electrons. The van der Waals surface area contributed by atoms with Gasteiger partial charge >= 0.3 is 18.1 Å². The SMILES string of the molecule is CCN(CC)CCN(CC(=O)OC(=O)C(F)(F)F)C(=O)c1cccc(COc2ccc(-c3cc(F)c(F)cc3SC)cc2)c1. The molecule has 0 saturated heterocycles. The molecule has 44 heavy (non-hydrogen) atoms. The smallest absolute Gasteiger partial charge is 0.489 e. The minimum atomic E-state index is -5.35. The number of ether oxygens (including phenoxy) is 2. The molecule has 7 nitrogen and oxygen atoms in total. The molecule has 0 aromatic heterocycles. The van der Waals surface area contributed by atoms with Crippen LogP contribution in [0.1, 0.15) is 29.8 Å². The molecule has 0 unspecified atom stereocenters. The predicted molar refractivity (Wildman–Crippen MR) is 155 cm³/mol. The zero-order chi connectivity index (χ0) is 32.4. The Labute approximate surface area is 255 Å². The number of amides is 1. The van der Waals surface area contributed by atoms with E-state index in [0.29, 0.717) is 47.0 Å². The van der Waals surface area contributed by atoms with Crippen LogP contribution in [0.5, 0.6) is 5.75 Å². The highest BCUT2D eigenvalue weighted by molar-refractivity contribution is 7.98. The molecule has 236 valence electrons. The van der Waals surface area contributed by atoms with Gasteiger partial charge in [0.2, 0.25) is 0 Å². The zero-order valence-electron chi connectivity index (χ0n) is 24.2. The first-order valence-electron chi connectivity index (χ1n) is 13.5. The maximum atomic E-state index is 13.9. The average Bonchev–Trinajstić information content (AvgIpc) is 3.00. The number of halogens is 5. The Bertz CT molecular complexity index is 1460. The Hall–Kier alpha value is -3.97. The third-order valence-electron chi connectivity index (χ3n) is 6.61. The number of carbonyl (C=O) groups excluding carboxylic acids is 3. The zero-order valence-corrected chi connectivity index (χ0v) is 25.1. The number of rotatable bonds is 13. The van der Waals surface area contributed by atoms with Crippen LogP contribution >= 0.6 is 11.8 Å². The van der Waals surface area contributed by atoms with Crippen molar-refractivity contribution in [2.45, 2.75) is 31.5 Å². The molecule has 0 N–H and O–H groups in total. The quantitative estimate of drug-likeness (QED) is 0.0935. The number of nitrogens with zero attached hydrogens (tertiary/aromatic N) is 2. The predicted octanol–water partition coefficient (Wildman–Crippen LogP) is 6.35. The number of hydrogen-bond acceptors (Lipinski definition) is 7. The largest absolute Gasteiger partial charge is 0.491 e. The van der Waals surface area contributed by atoms with E-state index in [9.17, 15) is 36.3 Å². The highest BCUT2D eigenvalue weighted by Crippen LogP contribution is 2.33. The van der Waals surface area contributed by atoms with E-state index in [1.165, 1.54) is 23.9 Å². The van der Waals surface area contributed by atoms with Gasteiger partial charge in [0, 0.05) is 23.5 Å². The first kappa shape index (κ1) is 34.5. The Morgan fingerprint density at radius 2 is 1.55 bits per heavy atom. The van der Waals surface area contributed by atoms with Crippen molar-refractivity contribution >= 4 is 29.6 Å². The van der Waals surface area contributed by atoms with Crippen LogP contribution in [0.25, 0.3) is 11.1 Å². The van der Waals surface area contributed by atoms with Gasteiger partial charge < -0.3 is 19.3 Å². The van der Waals surface area contributed by atoms with E-state index in [1.807, 2.05) is 18.7 Å². The lowest BCUT2D eigenvalue weighted by molar-refractivity contribution is -0.202. The van der Waals surface area contributed by atoms with Gasteiger partial charge in [-0.25, -0.2) is 18.4 Å². The maximum Gasteiger partial charge on any atom is 0.491 e. The van der Waals surface area contributed by atoms with E-state index in [4.69, 9.17) is 4.74 Å². The normalized spacial score (nSPS) is 11.4. The van der Waals surface area contributed by atoms with Crippen molar-refractivity contribution in [2.75, 3.05) is 39.0 Å². The molecule has 3 aromatic rings. The molecular weight excluding hydrogens is 607 g/mol. The molecule has 3 aromatic carbocycles. The number of benzene rings is 3. The number of carbonyl (C=O) groups is 3. The Morgan fingerprint density at radius 3 is 2.16 bits per heavy atom. The molecule has 3 rings (SSSR count). The number of hydrogen-bond donors (Lipinski definition) is 0. The molecule has 0 aliphatic heterocycles. The summed E-state index contributed by atoms with van der Waals surface area (Å²) in [5, 5.41) is 0. The molecule has 0 heterocycles. The lowest BCUT2D eigenvalue weighted by atomic mass is 10.1. The van der Waals surface area contributed by atoms with Crippen molar-refractivity contribution in [3.8, 4) is 16.9 Å². The molecule has 0 aliphatic rings. The number of alkyl halides is 3. The lowest BCUT2D eigenvalue weighted by Gasteiger charge is -2.26. The van der Waals surface area contributed by atoms with Crippen molar-refractivity contribution in [1.82, 2.24) is 9.80 Å². The molecule has 0 atom stereocenters. The second kappa shape index (κ2) is 15.7. The van der Waals surface area contributed by atoms with Crippen molar-refractivity contribution in [3.63, 3.8) is 0 Å². The molecular formula is C31H31F5N2O5S. The van der Waals surface area contributed by atoms with Crippen molar-refractivity contribution < 1.29 is 45.8 Å². The van der Waals surface area contributed by atoms with Gasteiger partial charge in [0.15, 0.2) is 11.6 Å². The molecule has 0 saturated carbocycles. The fraction of sp³-hybridized carbons (Fsp3) is 0.323. The van der Waals surface area contributed by atoms with Gasteiger partial charge in [-0.3, -0.25) is 4.79 Å². The summed E-state index contributed by atoms with van der Waals surface area (Å²) < 4.78 is 74.9. The van der Waals surface area contributed by atoms with Crippen LogP contribution in [-0.4, -0.2) is 72.8 Å². The fourth-order valence-electron chi connectivity index (χ4n) is 4.20. The summed E-state index contributed by atoms with van der Waals surface area (Å²) in [5.74, 6) is -6.21. The number of likely N-dealkylation sites (N-methyl/N-ethyl adjacent to an activating group) is 1. The fourth-order valence-corrected chi connectivity index (χ4v) is 4.82. The van der Waals surface area contributed by atoms with Crippen LogP contribution in [0.15, 0.2) is 65.6 Å². The van der Waals surface area contributed by atoms with E-state index in [1.54, 1.807) is 42.7 Å². The first-order chi connectivity index (χ1) is 20.9. The van der Waals surface area contributed by atoms with Gasteiger partial charge in [-0.2, -0.15) is 13.2 Å².